The average Bonchev–Trinajstić information content (AvgIpc) is 2.82. The molecule has 0 aliphatic heterocycles. The average molecular weight is 252 g/mol. The predicted octanol–water partition coefficient (Wildman–Crippen LogP) is 1.50. The minimum absolute atomic E-state index is 0.0784. The van der Waals surface area contributed by atoms with Gasteiger partial charge in [-0.2, -0.15) is 0 Å². The number of nitrogens with zero attached hydrogens (tertiary/aromatic N) is 3. The number of carboxylic acid groups (broad SMARTS) is 1. The van der Waals surface area contributed by atoms with E-state index in [0.29, 0.717) is 11.5 Å². The van der Waals surface area contributed by atoms with Gasteiger partial charge < -0.3 is 15.0 Å². The molecule has 0 saturated heterocycles. The van der Waals surface area contributed by atoms with Crippen LogP contribution in [0.25, 0.3) is 0 Å². The lowest BCUT2D eigenvalue weighted by molar-refractivity contribution is 0.0692. The number of rotatable bonds is 4. The molecule has 0 atom stereocenters. The molecule has 2 aromatic rings. The largest absolute Gasteiger partial charge is 0.476 e. The van der Waals surface area contributed by atoms with Crippen LogP contribution in [0.3, 0.4) is 0 Å². The fourth-order valence-corrected chi connectivity index (χ4v) is 2.22. The molecule has 6 nitrogen and oxygen atoms in total. The molecule has 0 saturated carbocycles. The summed E-state index contributed by atoms with van der Waals surface area (Å²) < 4.78 is 1.88. The van der Waals surface area contributed by atoms with Gasteiger partial charge in [-0.15, -0.1) is 11.3 Å². The Morgan fingerprint density at radius 3 is 3.00 bits per heavy atom. The first-order chi connectivity index (χ1) is 8.08. The van der Waals surface area contributed by atoms with Crippen LogP contribution in [0.15, 0.2) is 12.5 Å². The van der Waals surface area contributed by atoms with E-state index in [-0.39, 0.29) is 5.69 Å². The van der Waals surface area contributed by atoms with Crippen molar-refractivity contribution in [2.75, 3.05) is 5.32 Å². The van der Waals surface area contributed by atoms with Crippen molar-refractivity contribution < 1.29 is 9.90 Å². The molecule has 2 heterocycles. The van der Waals surface area contributed by atoms with Gasteiger partial charge in [-0.05, 0) is 6.92 Å². The summed E-state index contributed by atoms with van der Waals surface area (Å²) in [6.45, 7) is 2.31. The molecule has 7 heteroatoms. The number of carbonyl (C=O) groups is 1. The molecular weight excluding hydrogens is 240 g/mol. The lowest BCUT2D eigenvalue weighted by Gasteiger charge is -2.04. The van der Waals surface area contributed by atoms with Crippen LogP contribution in [0.1, 0.15) is 21.2 Å². The van der Waals surface area contributed by atoms with E-state index in [1.165, 1.54) is 11.3 Å². The van der Waals surface area contributed by atoms with Gasteiger partial charge in [-0.3, -0.25) is 0 Å². The van der Waals surface area contributed by atoms with E-state index >= 15 is 0 Å². The van der Waals surface area contributed by atoms with Crippen molar-refractivity contribution in [2.24, 2.45) is 7.05 Å². The quantitative estimate of drug-likeness (QED) is 0.861. The first-order valence-electron chi connectivity index (χ1n) is 4.97. The maximum absolute atomic E-state index is 10.9. The van der Waals surface area contributed by atoms with E-state index in [9.17, 15) is 4.79 Å². The molecular formula is C10H12N4O2S. The molecule has 0 unspecified atom stereocenters. The third-order valence-electron chi connectivity index (χ3n) is 2.28. The Morgan fingerprint density at radius 2 is 2.41 bits per heavy atom. The highest BCUT2D eigenvalue weighted by molar-refractivity contribution is 7.16. The molecule has 0 aliphatic rings. The van der Waals surface area contributed by atoms with E-state index in [1.807, 2.05) is 11.6 Å². The molecule has 0 aromatic carbocycles. The standard InChI is InChI=1S/C10H12N4O2S/c1-6-13-8(10(15)16)9(17-6)12-4-7-3-11-5-14(7)2/h3,5,12H,4H2,1-2H3,(H,15,16). The van der Waals surface area contributed by atoms with E-state index in [0.717, 1.165) is 10.7 Å². The van der Waals surface area contributed by atoms with Gasteiger partial charge >= 0.3 is 5.97 Å². The van der Waals surface area contributed by atoms with E-state index in [2.05, 4.69) is 15.3 Å². The van der Waals surface area contributed by atoms with Crippen LogP contribution in [-0.4, -0.2) is 25.6 Å². The zero-order valence-electron chi connectivity index (χ0n) is 9.47. The minimum atomic E-state index is -1.01. The number of carboxylic acids is 1. The second-order valence-corrected chi connectivity index (χ2v) is 4.77. The first-order valence-corrected chi connectivity index (χ1v) is 5.79. The lowest BCUT2D eigenvalue weighted by Crippen LogP contribution is -2.07. The fourth-order valence-electron chi connectivity index (χ4n) is 1.42. The number of anilines is 1. The van der Waals surface area contributed by atoms with Gasteiger partial charge in [0.25, 0.3) is 0 Å². The topological polar surface area (TPSA) is 80.0 Å². The second-order valence-electron chi connectivity index (χ2n) is 3.57. The van der Waals surface area contributed by atoms with Crippen molar-refractivity contribution in [3.63, 3.8) is 0 Å². The SMILES string of the molecule is Cc1nc(C(=O)O)c(NCc2cncn2C)s1. The summed E-state index contributed by atoms with van der Waals surface area (Å²) in [5, 5.41) is 13.4. The molecule has 2 N–H and O–H groups in total. The van der Waals surface area contributed by atoms with Crippen LogP contribution in [-0.2, 0) is 13.6 Å². The molecule has 17 heavy (non-hydrogen) atoms. The van der Waals surface area contributed by atoms with E-state index in [1.54, 1.807) is 19.4 Å². The molecule has 0 fully saturated rings. The summed E-state index contributed by atoms with van der Waals surface area (Å²) in [6.07, 6.45) is 3.44. The van der Waals surface area contributed by atoms with Gasteiger partial charge in [0.1, 0.15) is 5.00 Å². The van der Waals surface area contributed by atoms with Crippen molar-refractivity contribution in [1.82, 2.24) is 14.5 Å². The summed E-state index contributed by atoms with van der Waals surface area (Å²) in [5.41, 5.74) is 1.06. The van der Waals surface area contributed by atoms with Gasteiger partial charge in [0.15, 0.2) is 5.69 Å². The number of aromatic carboxylic acids is 1. The summed E-state index contributed by atoms with van der Waals surface area (Å²) in [4.78, 5) is 18.9. The molecule has 2 rings (SSSR count). The third kappa shape index (κ3) is 2.44. The monoisotopic (exact) mass is 252 g/mol. The fraction of sp³-hybridized carbons (Fsp3) is 0.300. The highest BCUT2D eigenvalue weighted by atomic mass is 32.1. The van der Waals surface area contributed by atoms with Crippen molar-refractivity contribution in [3.8, 4) is 0 Å². The number of imidazole rings is 1. The van der Waals surface area contributed by atoms with Crippen LogP contribution >= 0.6 is 11.3 Å². The van der Waals surface area contributed by atoms with Crippen molar-refractivity contribution in [1.29, 1.82) is 0 Å². The van der Waals surface area contributed by atoms with Crippen LogP contribution in [0.5, 0.6) is 0 Å². The Balaban J connectivity index is 2.14. The number of nitrogens with one attached hydrogen (secondary N) is 1. The molecule has 0 bridgehead atoms. The minimum Gasteiger partial charge on any atom is -0.476 e. The summed E-state index contributed by atoms with van der Waals surface area (Å²) >= 11 is 1.34. The van der Waals surface area contributed by atoms with Crippen LogP contribution in [0, 0.1) is 6.92 Å². The van der Waals surface area contributed by atoms with Crippen molar-refractivity contribution in [2.45, 2.75) is 13.5 Å². The zero-order valence-corrected chi connectivity index (χ0v) is 10.3. The summed E-state index contributed by atoms with van der Waals surface area (Å²) in [5.74, 6) is -1.01. The maximum Gasteiger partial charge on any atom is 0.357 e. The van der Waals surface area contributed by atoms with Crippen LogP contribution in [0.2, 0.25) is 0 Å². The van der Waals surface area contributed by atoms with Crippen molar-refractivity contribution in [3.05, 3.63) is 28.9 Å². The first kappa shape index (κ1) is 11.6. The Kier molecular flexibility index (Phi) is 3.10. The van der Waals surface area contributed by atoms with Gasteiger partial charge in [-0.1, -0.05) is 0 Å². The number of thiazole rings is 1. The summed E-state index contributed by atoms with van der Waals surface area (Å²) in [7, 11) is 1.89. The van der Waals surface area contributed by atoms with Crippen LogP contribution < -0.4 is 5.32 Å². The van der Waals surface area contributed by atoms with E-state index in [4.69, 9.17) is 5.11 Å². The Hall–Kier alpha value is -1.89. The van der Waals surface area contributed by atoms with Gasteiger partial charge in [-0.25, -0.2) is 14.8 Å². The van der Waals surface area contributed by atoms with Crippen LogP contribution in [0.4, 0.5) is 5.00 Å². The Labute approximate surface area is 102 Å². The number of hydrogen-bond acceptors (Lipinski definition) is 5. The molecule has 2 aromatic heterocycles. The zero-order chi connectivity index (χ0) is 12.4. The lowest BCUT2D eigenvalue weighted by atomic mass is 10.4. The smallest absolute Gasteiger partial charge is 0.357 e. The molecule has 0 spiro atoms. The maximum atomic E-state index is 10.9. The van der Waals surface area contributed by atoms with Gasteiger partial charge in [0, 0.05) is 13.2 Å². The highest BCUT2D eigenvalue weighted by Crippen LogP contribution is 2.24. The molecule has 0 aliphatic carbocycles. The molecule has 0 amide bonds. The number of aromatic nitrogens is 3. The van der Waals surface area contributed by atoms with Gasteiger partial charge in [0.2, 0.25) is 0 Å². The summed E-state index contributed by atoms with van der Waals surface area (Å²) in [6, 6.07) is 0. The van der Waals surface area contributed by atoms with E-state index < -0.39 is 5.97 Å². The normalized spacial score (nSPS) is 10.5. The molecule has 90 valence electrons. The number of aryl methyl sites for hydroxylation is 2. The molecule has 0 radical (unpaired) electrons. The third-order valence-corrected chi connectivity index (χ3v) is 3.21. The predicted molar refractivity (Wildman–Crippen MR) is 64.3 cm³/mol. The number of hydrogen-bond donors (Lipinski definition) is 2. The Bertz CT molecular complexity index is 546. The second kappa shape index (κ2) is 4.54. The van der Waals surface area contributed by atoms with Crippen molar-refractivity contribution >= 4 is 22.3 Å². The Morgan fingerprint density at radius 1 is 1.65 bits per heavy atom. The highest BCUT2D eigenvalue weighted by Gasteiger charge is 2.15. The van der Waals surface area contributed by atoms with Gasteiger partial charge in [0.05, 0.1) is 23.6 Å².